The van der Waals surface area contributed by atoms with E-state index in [1.807, 2.05) is 0 Å². The predicted molar refractivity (Wildman–Crippen MR) is 70.4 cm³/mol. The third-order valence-electron chi connectivity index (χ3n) is 3.21. The molecule has 0 unspecified atom stereocenters. The van der Waals surface area contributed by atoms with E-state index in [2.05, 4.69) is 0 Å². The maximum atomic E-state index is 13.4. The van der Waals surface area contributed by atoms with Crippen molar-refractivity contribution < 1.29 is 17.9 Å². The van der Waals surface area contributed by atoms with Gasteiger partial charge < -0.3 is 4.74 Å². The molecule has 0 saturated heterocycles. The predicted octanol–water partition coefficient (Wildman–Crippen LogP) is 4.89. The van der Waals surface area contributed by atoms with Crippen LogP contribution in [0.25, 0.3) is 0 Å². The van der Waals surface area contributed by atoms with E-state index >= 15 is 0 Å². The van der Waals surface area contributed by atoms with Crippen molar-refractivity contribution >= 4 is 11.6 Å². The van der Waals surface area contributed by atoms with Crippen LogP contribution in [-0.4, -0.2) is 19.2 Å². The monoisotopic (exact) mass is 294 g/mol. The summed E-state index contributed by atoms with van der Waals surface area (Å²) in [4.78, 5) is 0. The molecule has 0 aliphatic carbocycles. The first-order valence-corrected chi connectivity index (χ1v) is 6.75. The van der Waals surface area contributed by atoms with Gasteiger partial charge in [-0.25, -0.2) is 0 Å². The van der Waals surface area contributed by atoms with E-state index in [1.165, 1.54) is 12.1 Å². The van der Waals surface area contributed by atoms with Crippen LogP contribution in [0.15, 0.2) is 30.3 Å². The van der Waals surface area contributed by atoms with Crippen molar-refractivity contribution in [3.05, 3.63) is 35.9 Å². The van der Waals surface area contributed by atoms with Crippen LogP contribution in [0.1, 0.15) is 31.2 Å². The fourth-order valence-corrected chi connectivity index (χ4v) is 2.33. The summed E-state index contributed by atoms with van der Waals surface area (Å²) in [7, 11) is 1.11. The normalized spacial score (nSPS) is 15.2. The number of methoxy groups -OCH3 is 1. The maximum absolute atomic E-state index is 13.4. The molecule has 1 rings (SSSR count). The van der Waals surface area contributed by atoms with Crippen LogP contribution >= 0.6 is 11.6 Å². The average Bonchev–Trinajstić information content (AvgIpc) is 2.39. The summed E-state index contributed by atoms with van der Waals surface area (Å²) in [5.74, 6) is 0.470. The van der Waals surface area contributed by atoms with Gasteiger partial charge in [-0.15, -0.1) is 11.6 Å². The van der Waals surface area contributed by atoms with Gasteiger partial charge >= 0.3 is 6.18 Å². The van der Waals surface area contributed by atoms with Crippen molar-refractivity contribution in [3.8, 4) is 0 Å². The SMILES string of the molecule is CO[C@@](CCCCCCl)(c1ccccc1)C(F)(F)F. The molecule has 0 radical (unpaired) electrons. The first-order chi connectivity index (χ1) is 8.98. The summed E-state index contributed by atoms with van der Waals surface area (Å²) in [6, 6.07) is 7.78. The van der Waals surface area contributed by atoms with Crippen LogP contribution in [0.2, 0.25) is 0 Å². The van der Waals surface area contributed by atoms with Gasteiger partial charge in [0.2, 0.25) is 0 Å². The van der Waals surface area contributed by atoms with E-state index in [9.17, 15) is 13.2 Å². The van der Waals surface area contributed by atoms with E-state index in [1.54, 1.807) is 18.2 Å². The first-order valence-electron chi connectivity index (χ1n) is 6.21. The Labute approximate surface area is 116 Å². The van der Waals surface area contributed by atoms with Gasteiger partial charge in [-0.3, -0.25) is 0 Å². The summed E-state index contributed by atoms with van der Waals surface area (Å²) in [6.45, 7) is 0. The Balaban J connectivity index is 2.96. The number of alkyl halides is 4. The topological polar surface area (TPSA) is 9.23 Å². The Morgan fingerprint density at radius 2 is 1.68 bits per heavy atom. The molecule has 1 nitrogen and oxygen atoms in total. The Bertz CT molecular complexity index is 367. The van der Waals surface area contributed by atoms with Crippen molar-refractivity contribution in [2.24, 2.45) is 0 Å². The van der Waals surface area contributed by atoms with Crippen LogP contribution in [0.3, 0.4) is 0 Å². The number of benzene rings is 1. The Kier molecular flexibility index (Phi) is 6.14. The van der Waals surface area contributed by atoms with Gasteiger partial charge in [0.25, 0.3) is 0 Å². The van der Waals surface area contributed by atoms with Gasteiger partial charge in [-0.1, -0.05) is 36.8 Å². The number of ether oxygens (including phenoxy) is 1. The van der Waals surface area contributed by atoms with E-state index in [0.29, 0.717) is 25.1 Å². The summed E-state index contributed by atoms with van der Waals surface area (Å²) >= 11 is 5.54. The quantitative estimate of drug-likeness (QED) is 0.514. The lowest BCUT2D eigenvalue weighted by Gasteiger charge is -2.35. The largest absolute Gasteiger partial charge is 0.421 e. The number of rotatable bonds is 7. The lowest BCUT2D eigenvalue weighted by Crippen LogP contribution is -2.44. The zero-order valence-electron chi connectivity index (χ0n) is 10.8. The Morgan fingerprint density at radius 1 is 1.05 bits per heavy atom. The third-order valence-corrected chi connectivity index (χ3v) is 3.48. The highest BCUT2D eigenvalue weighted by Crippen LogP contribution is 2.45. The third kappa shape index (κ3) is 3.86. The van der Waals surface area contributed by atoms with Crippen molar-refractivity contribution in [3.63, 3.8) is 0 Å². The molecular formula is C14H18ClF3O. The highest BCUT2D eigenvalue weighted by Gasteiger charge is 2.56. The minimum atomic E-state index is -4.44. The molecule has 19 heavy (non-hydrogen) atoms. The highest BCUT2D eigenvalue weighted by atomic mass is 35.5. The molecule has 0 aromatic heterocycles. The summed E-state index contributed by atoms with van der Waals surface area (Å²) in [5, 5.41) is 0. The molecule has 1 aromatic rings. The van der Waals surface area contributed by atoms with Gasteiger partial charge in [-0.2, -0.15) is 13.2 Å². The Hall–Kier alpha value is -0.740. The molecule has 0 aliphatic heterocycles. The summed E-state index contributed by atoms with van der Waals surface area (Å²) < 4.78 is 45.2. The van der Waals surface area contributed by atoms with E-state index in [0.717, 1.165) is 7.11 Å². The number of unbranched alkanes of at least 4 members (excludes halogenated alkanes) is 2. The second-order valence-corrected chi connectivity index (χ2v) is 4.77. The van der Waals surface area contributed by atoms with Gasteiger partial charge in [0, 0.05) is 13.0 Å². The van der Waals surface area contributed by atoms with Crippen LogP contribution in [0.4, 0.5) is 13.2 Å². The fourth-order valence-electron chi connectivity index (χ4n) is 2.14. The molecule has 0 fully saturated rings. The molecule has 108 valence electrons. The molecular weight excluding hydrogens is 277 g/mol. The van der Waals surface area contributed by atoms with Gasteiger partial charge in [0.05, 0.1) is 0 Å². The number of halogens is 4. The molecule has 0 aliphatic rings. The van der Waals surface area contributed by atoms with E-state index < -0.39 is 11.8 Å². The van der Waals surface area contributed by atoms with Crippen molar-refractivity contribution in [1.29, 1.82) is 0 Å². The molecule has 0 bridgehead atoms. The molecule has 1 atom stereocenters. The second kappa shape index (κ2) is 7.15. The lowest BCUT2D eigenvalue weighted by atomic mass is 9.87. The number of hydrogen-bond donors (Lipinski definition) is 0. The highest BCUT2D eigenvalue weighted by molar-refractivity contribution is 6.17. The fraction of sp³-hybridized carbons (Fsp3) is 0.571. The Morgan fingerprint density at radius 3 is 2.16 bits per heavy atom. The minimum absolute atomic E-state index is 0.0894. The van der Waals surface area contributed by atoms with Crippen LogP contribution < -0.4 is 0 Å². The first kappa shape index (κ1) is 16.3. The number of hydrogen-bond acceptors (Lipinski definition) is 1. The standard InChI is InChI=1S/C14H18ClF3O/c1-19-13(14(16,17)18,10-6-3-7-11-15)12-8-4-2-5-9-12/h2,4-5,8-9H,3,6-7,10-11H2,1H3/t13-/m0/s1. The van der Waals surface area contributed by atoms with Crippen LogP contribution in [0.5, 0.6) is 0 Å². The zero-order valence-corrected chi connectivity index (χ0v) is 11.6. The molecule has 0 saturated carbocycles. The van der Waals surface area contributed by atoms with Crippen LogP contribution in [0, 0.1) is 0 Å². The zero-order chi connectivity index (χ0) is 14.4. The van der Waals surface area contributed by atoms with E-state index in [-0.39, 0.29) is 12.0 Å². The minimum Gasteiger partial charge on any atom is -0.364 e. The van der Waals surface area contributed by atoms with Crippen molar-refractivity contribution in [2.45, 2.75) is 37.5 Å². The van der Waals surface area contributed by atoms with Crippen molar-refractivity contribution in [1.82, 2.24) is 0 Å². The summed E-state index contributed by atoms with van der Waals surface area (Å²) in [5.41, 5.74) is -2.07. The maximum Gasteiger partial charge on any atom is 0.421 e. The molecule has 1 aromatic carbocycles. The average molecular weight is 295 g/mol. The summed E-state index contributed by atoms with van der Waals surface area (Å²) in [6.07, 6.45) is -2.72. The smallest absolute Gasteiger partial charge is 0.364 e. The van der Waals surface area contributed by atoms with Gasteiger partial charge in [0.15, 0.2) is 5.60 Å². The van der Waals surface area contributed by atoms with Gasteiger partial charge in [0.1, 0.15) is 0 Å². The molecule has 0 heterocycles. The second-order valence-electron chi connectivity index (χ2n) is 4.39. The molecule has 5 heteroatoms. The molecule has 0 N–H and O–H groups in total. The molecule has 0 amide bonds. The van der Waals surface area contributed by atoms with E-state index in [4.69, 9.17) is 16.3 Å². The van der Waals surface area contributed by atoms with Gasteiger partial charge in [-0.05, 0) is 24.8 Å². The van der Waals surface area contributed by atoms with Crippen molar-refractivity contribution in [2.75, 3.05) is 13.0 Å². The lowest BCUT2D eigenvalue weighted by molar-refractivity contribution is -0.279. The molecule has 0 spiro atoms. The van der Waals surface area contributed by atoms with Crippen LogP contribution in [-0.2, 0) is 10.3 Å².